The number of hydrogen-bond donors (Lipinski definition) is 0. The number of halogens is 1. The lowest BCUT2D eigenvalue weighted by molar-refractivity contribution is -0.923. The van der Waals surface area contributed by atoms with E-state index < -0.39 is 0 Å². The van der Waals surface area contributed by atoms with Crippen molar-refractivity contribution >= 4 is 17.5 Å². The minimum atomic E-state index is -0.334. The summed E-state index contributed by atoms with van der Waals surface area (Å²) in [5.74, 6) is 0. The summed E-state index contributed by atoms with van der Waals surface area (Å²) < 4.78 is 6.61. The molecule has 2 aromatic rings. The molecule has 5 heteroatoms. The van der Waals surface area contributed by atoms with Crippen LogP contribution in [0.4, 0.5) is 16.2 Å². The van der Waals surface area contributed by atoms with Gasteiger partial charge in [0.1, 0.15) is 13.2 Å². The maximum Gasteiger partial charge on any atom is 0.419 e. The summed E-state index contributed by atoms with van der Waals surface area (Å²) in [5, 5.41) is 0. The Morgan fingerprint density at radius 2 is 1.27 bits per heavy atom. The zero-order valence-corrected chi connectivity index (χ0v) is 17.5. The molecular formula is C21H29BrN2O2. The molecule has 2 aromatic carbocycles. The number of hydrogen-bond acceptors (Lipinski definition) is 2. The molecule has 142 valence electrons. The van der Waals surface area contributed by atoms with E-state index in [1.165, 1.54) is 0 Å². The summed E-state index contributed by atoms with van der Waals surface area (Å²) in [6.07, 6.45) is -0.334. The first-order valence-corrected chi connectivity index (χ1v) is 9.08. The lowest BCUT2D eigenvalue weighted by Crippen LogP contribution is -3.00. The van der Waals surface area contributed by atoms with Gasteiger partial charge in [-0.1, -0.05) is 36.4 Å². The molecule has 0 bridgehead atoms. The Labute approximate surface area is 167 Å². The van der Waals surface area contributed by atoms with Gasteiger partial charge in [0, 0.05) is 0 Å². The lowest BCUT2D eigenvalue weighted by Gasteiger charge is -2.35. The van der Waals surface area contributed by atoms with Gasteiger partial charge < -0.3 is 26.2 Å². The van der Waals surface area contributed by atoms with Crippen LogP contribution in [0.5, 0.6) is 0 Å². The van der Waals surface area contributed by atoms with E-state index in [4.69, 9.17) is 4.74 Å². The molecule has 1 amide bonds. The molecule has 0 spiro atoms. The van der Waals surface area contributed by atoms with Crippen molar-refractivity contribution in [3.8, 4) is 0 Å². The van der Waals surface area contributed by atoms with Crippen molar-refractivity contribution in [2.45, 2.75) is 20.8 Å². The molecule has 0 N–H and O–H groups in total. The number of nitrogens with zero attached hydrogens (tertiary/aromatic N) is 2. The summed E-state index contributed by atoms with van der Waals surface area (Å²) in [6.45, 7) is 11.0. The monoisotopic (exact) mass is 420 g/mol. The topological polar surface area (TPSA) is 29.5 Å². The highest BCUT2D eigenvalue weighted by molar-refractivity contribution is 5.95. The molecule has 0 fully saturated rings. The summed E-state index contributed by atoms with van der Waals surface area (Å²) in [6, 6.07) is 19.2. The lowest BCUT2D eigenvalue weighted by atomic mass is 10.2. The molecule has 0 aliphatic carbocycles. The Bertz CT molecular complexity index is 598. The smallest absolute Gasteiger partial charge is 0.419 e. The second-order valence-corrected chi connectivity index (χ2v) is 6.13. The van der Waals surface area contributed by atoms with Gasteiger partial charge in [0.25, 0.3) is 0 Å². The quantitative estimate of drug-likeness (QED) is 0.609. The van der Waals surface area contributed by atoms with Crippen LogP contribution in [-0.4, -0.2) is 43.4 Å². The highest BCUT2D eigenvalue weighted by Crippen LogP contribution is 2.25. The normalized spacial score (nSPS) is 10.7. The van der Waals surface area contributed by atoms with E-state index in [0.29, 0.717) is 6.61 Å². The summed E-state index contributed by atoms with van der Waals surface area (Å²) in [4.78, 5) is 14.4. The number of quaternary nitrogens is 1. The molecule has 0 radical (unpaired) electrons. The van der Waals surface area contributed by atoms with E-state index in [9.17, 15) is 4.79 Å². The molecule has 0 unspecified atom stereocenters. The molecule has 0 heterocycles. The van der Waals surface area contributed by atoms with Crippen LogP contribution in [0, 0.1) is 0 Å². The molecule has 0 aliphatic rings. The average Bonchev–Trinajstić information content (AvgIpc) is 2.68. The molecule has 0 atom stereocenters. The Balaban J connectivity index is 0.00000338. The van der Waals surface area contributed by atoms with Crippen LogP contribution in [0.3, 0.4) is 0 Å². The van der Waals surface area contributed by atoms with Gasteiger partial charge in [-0.25, -0.2) is 9.69 Å². The van der Waals surface area contributed by atoms with Crippen molar-refractivity contribution in [3.05, 3.63) is 60.7 Å². The van der Waals surface area contributed by atoms with Gasteiger partial charge in [-0.15, -0.1) is 0 Å². The Morgan fingerprint density at radius 1 is 0.846 bits per heavy atom. The molecule has 0 aromatic heterocycles. The molecule has 2 rings (SSSR count). The Kier molecular flexibility index (Phi) is 9.38. The fourth-order valence-electron chi connectivity index (χ4n) is 3.05. The second-order valence-electron chi connectivity index (χ2n) is 6.13. The van der Waals surface area contributed by atoms with E-state index in [2.05, 4.69) is 20.8 Å². The first-order valence-electron chi connectivity index (χ1n) is 9.08. The highest BCUT2D eigenvalue weighted by atomic mass is 79.9. The van der Waals surface area contributed by atoms with Crippen LogP contribution in [0.1, 0.15) is 20.8 Å². The van der Waals surface area contributed by atoms with E-state index in [1.807, 2.05) is 60.7 Å². The van der Waals surface area contributed by atoms with E-state index in [1.54, 1.807) is 4.90 Å². The van der Waals surface area contributed by atoms with Gasteiger partial charge in [0.15, 0.2) is 0 Å². The largest absolute Gasteiger partial charge is 1.00 e. The minimum absolute atomic E-state index is 0. The number of benzene rings is 2. The van der Waals surface area contributed by atoms with Gasteiger partial charge in [-0.3, -0.25) is 0 Å². The predicted molar refractivity (Wildman–Crippen MR) is 103 cm³/mol. The fourth-order valence-corrected chi connectivity index (χ4v) is 3.05. The summed E-state index contributed by atoms with van der Waals surface area (Å²) >= 11 is 0. The molecule has 26 heavy (non-hydrogen) atoms. The number of para-hydroxylation sites is 2. The van der Waals surface area contributed by atoms with Gasteiger partial charge in [-0.2, -0.15) is 0 Å². The number of likely N-dealkylation sites (N-methyl/N-ethyl adjacent to an activating group) is 1. The molecule has 0 saturated carbocycles. The van der Waals surface area contributed by atoms with Gasteiger partial charge in [0.2, 0.25) is 0 Å². The van der Waals surface area contributed by atoms with Crippen LogP contribution in [-0.2, 0) is 4.74 Å². The number of carbonyl (C=O) groups excluding carboxylic acids is 1. The van der Waals surface area contributed by atoms with Crippen molar-refractivity contribution in [2.75, 3.05) is 37.7 Å². The first-order chi connectivity index (χ1) is 12.2. The maximum absolute atomic E-state index is 12.8. The molecular weight excluding hydrogens is 392 g/mol. The van der Waals surface area contributed by atoms with E-state index >= 15 is 0 Å². The van der Waals surface area contributed by atoms with Crippen molar-refractivity contribution in [1.29, 1.82) is 0 Å². The van der Waals surface area contributed by atoms with Gasteiger partial charge in [-0.05, 0) is 45.0 Å². The predicted octanol–water partition coefficient (Wildman–Crippen LogP) is 1.84. The van der Waals surface area contributed by atoms with Crippen LogP contribution < -0.4 is 21.9 Å². The first kappa shape index (κ1) is 22.2. The van der Waals surface area contributed by atoms with Gasteiger partial charge in [0.05, 0.1) is 31.0 Å². The maximum atomic E-state index is 12.8. The summed E-state index contributed by atoms with van der Waals surface area (Å²) in [5.41, 5.74) is 1.61. The average molecular weight is 421 g/mol. The zero-order chi connectivity index (χ0) is 18.1. The van der Waals surface area contributed by atoms with Crippen molar-refractivity contribution < 1.29 is 31.0 Å². The van der Waals surface area contributed by atoms with Crippen molar-refractivity contribution in [2.24, 2.45) is 0 Å². The number of anilines is 2. The number of ether oxygens (including phenoxy) is 1. The second kappa shape index (κ2) is 11.0. The zero-order valence-electron chi connectivity index (χ0n) is 15.9. The van der Waals surface area contributed by atoms with Crippen LogP contribution in [0.15, 0.2) is 60.7 Å². The van der Waals surface area contributed by atoms with Crippen molar-refractivity contribution in [3.63, 3.8) is 0 Å². The standard InChI is InChI=1S/C21H29N2O2.BrH/c1-4-23(5-2,6-3)17-18-25-21(24)22(19-13-9-7-10-14-19)20-15-11-8-12-16-20;/h7-16H,4-6,17-18H2,1-3H3;1H/q+1;/p-1. The third-order valence-electron chi connectivity index (χ3n) is 5.01. The summed E-state index contributed by atoms with van der Waals surface area (Å²) in [7, 11) is 0. The third-order valence-corrected chi connectivity index (χ3v) is 5.01. The van der Waals surface area contributed by atoms with E-state index in [0.717, 1.165) is 42.0 Å². The number of rotatable bonds is 8. The van der Waals surface area contributed by atoms with Gasteiger partial charge >= 0.3 is 6.09 Å². The third kappa shape index (κ3) is 5.58. The molecule has 4 nitrogen and oxygen atoms in total. The Morgan fingerprint density at radius 3 is 1.65 bits per heavy atom. The van der Waals surface area contributed by atoms with E-state index in [-0.39, 0.29) is 23.1 Å². The molecule has 0 aliphatic heterocycles. The highest BCUT2D eigenvalue weighted by Gasteiger charge is 2.23. The minimum Gasteiger partial charge on any atom is -1.00 e. The Hall–Kier alpha value is -1.85. The molecule has 0 saturated heterocycles. The van der Waals surface area contributed by atoms with Crippen LogP contribution in [0.25, 0.3) is 0 Å². The van der Waals surface area contributed by atoms with Crippen molar-refractivity contribution in [1.82, 2.24) is 0 Å². The fraction of sp³-hybridized carbons (Fsp3) is 0.381. The number of carbonyl (C=O) groups is 1. The van der Waals surface area contributed by atoms with Crippen LogP contribution >= 0.6 is 0 Å². The SMILES string of the molecule is CC[N+](CC)(CC)CCOC(=O)N(c1ccccc1)c1ccccc1.[Br-]. The van der Waals surface area contributed by atoms with Crippen LogP contribution in [0.2, 0.25) is 0 Å². The number of amides is 1.